The topological polar surface area (TPSA) is 66.5 Å². The van der Waals surface area contributed by atoms with Gasteiger partial charge in [-0.05, 0) is 43.0 Å². The molecule has 1 aromatic carbocycles. The molecule has 1 aliphatic heterocycles. The van der Waals surface area contributed by atoms with Crippen LogP contribution in [0, 0.1) is 0 Å². The Bertz CT molecular complexity index is 858. The molecule has 1 fully saturated rings. The van der Waals surface area contributed by atoms with E-state index in [0.29, 0.717) is 30.0 Å². The van der Waals surface area contributed by atoms with E-state index in [9.17, 15) is 13.2 Å². The van der Waals surface area contributed by atoms with Crippen LogP contribution < -0.4 is 4.72 Å². The Balaban J connectivity index is 2.18. The molecule has 0 aromatic heterocycles. The van der Waals surface area contributed by atoms with Gasteiger partial charge >= 0.3 is 0 Å². The number of sulfonamides is 1. The van der Waals surface area contributed by atoms with Gasteiger partial charge in [0.1, 0.15) is 0 Å². The fraction of sp³-hybridized carbons (Fsp3) is 0.550. The highest BCUT2D eigenvalue weighted by molar-refractivity contribution is 9.10. The van der Waals surface area contributed by atoms with Crippen molar-refractivity contribution in [2.24, 2.45) is 0 Å². The van der Waals surface area contributed by atoms with Crippen molar-refractivity contribution in [2.45, 2.75) is 57.9 Å². The molecule has 0 radical (unpaired) electrons. The van der Waals surface area contributed by atoms with Gasteiger partial charge in [0.05, 0.1) is 10.4 Å². The van der Waals surface area contributed by atoms with E-state index in [1.165, 1.54) is 0 Å². The quantitative estimate of drug-likeness (QED) is 0.729. The van der Waals surface area contributed by atoms with Crippen LogP contribution in [0.2, 0.25) is 0 Å². The first-order valence-electron chi connectivity index (χ1n) is 9.64. The molecule has 1 spiro atoms. The van der Waals surface area contributed by atoms with Gasteiger partial charge in [0, 0.05) is 24.0 Å². The van der Waals surface area contributed by atoms with E-state index in [0.717, 1.165) is 42.1 Å². The number of carbonyl (C=O) groups is 1. The number of benzene rings is 1. The fourth-order valence-corrected chi connectivity index (χ4v) is 6.65. The van der Waals surface area contributed by atoms with Crippen molar-refractivity contribution < 1.29 is 13.2 Å². The minimum Gasteiger partial charge on any atom is -0.339 e. The van der Waals surface area contributed by atoms with Crippen molar-refractivity contribution in [3.8, 4) is 0 Å². The summed E-state index contributed by atoms with van der Waals surface area (Å²) >= 11 is 3.45. The van der Waals surface area contributed by atoms with E-state index in [1.54, 1.807) is 4.90 Å². The van der Waals surface area contributed by atoms with Gasteiger partial charge in [-0.2, -0.15) is 0 Å². The van der Waals surface area contributed by atoms with Crippen LogP contribution in [-0.4, -0.2) is 37.9 Å². The van der Waals surface area contributed by atoms with E-state index >= 15 is 0 Å². The maximum absolute atomic E-state index is 13.2. The van der Waals surface area contributed by atoms with Crippen LogP contribution in [0.5, 0.6) is 0 Å². The Morgan fingerprint density at radius 3 is 2.52 bits per heavy atom. The third-order valence-electron chi connectivity index (χ3n) is 5.63. The molecule has 2 aliphatic rings. The summed E-state index contributed by atoms with van der Waals surface area (Å²) in [6, 6.07) is 7.40. The number of amides is 1. The molecule has 5 nitrogen and oxygen atoms in total. The summed E-state index contributed by atoms with van der Waals surface area (Å²) < 4.78 is 30.2. The van der Waals surface area contributed by atoms with Gasteiger partial charge < -0.3 is 4.90 Å². The van der Waals surface area contributed by atoms with Crippen LogP contribution in [0.1, 0.15) is 57.9 Å². The average molecular weight is 455 g/mol. The number of likely N-dealkylation sites (N-methyl/N-ethyl adjacent to an activating group) is 1. The summed E-state index contributed by atoms with van der Waals surface area (Å²) in [7, 11) is -3.63. The molecule has 0 saturated heterocycles. The number of nitrogens with zero attached hydrogens (tertiary/aromatic N) is 1. The van der Waals surface area contributed by atoms with Crippen LogP contribution in [-0.2, 0) is 14.8 Å². The van der Waals surface area contributed by atoms with Gasteiger partial charge in [-0.15, -0.1) is 0 Å². The molecular weight excluding hydrogens is 428 g/mol. The highest BCUT2D eigenvalue weighted by Gasteiger charge is 2.49. The van der Waals surface area contributed by atoms with Gasteiger partial charge in [0.25, 0.3) is 0 Å². The molecule has 3 rings (SSSR count). The van der Waals surface area contributed by atoms with E-state index in [-0.39, 0.29) is 5.91 Å². The van der Waals surface area contributed by atoms with Crippen LogP contribution >= 0.6 is 15.9 Å². The van der Waals surface area contributed by atoms with Crippen molar-refractivity contribution in [3.05, 3.63) is 39.9 Å². The summed E-state index contributed by atoms with van der Waals surface area (Å²) in [6.45, 7) is 4.71. The third kappa shape index (κ3) is 4.00. The first kappa shape index (κ1) is 20.6. The Hall–Kier alpha value is -1.18. The van der Waals surface area contributed by atoms with Crippen molar-refractivity contribution in [1.29, 1.82) is 0 Å². The van der Waals surface area contributed by atoms with Crippen molar-refractivity contribution in [1.82, 2.24) is 9.62 Å². The molecule has 0 bridgehead atoms. The molecule has 7 heteroatoms. The lowest BCUT2D eigenvalue weighted by Crippen LogP contribution is -2.48. The molecule has 1 amide bonds. The second-order valence-corrected chi connectivity index (χ2v) is 9.86. The number of rotatable bonds is 5. The maximum Gasteiger partial charge on any atom is 0.242 e. The maximum atomic E-state index is 13.2. The molecule has 27 heavy (non-hydrogen) atoms. The van der Waals surface area contributed by atoms with Gasteiger partial charge in [-0.25, -0.2) is 13.1 Å². The lowest BCUT2D eigenvalue weighted by atomic mass is 9.76. The molecule has 1 aromatic rings. The standard InChI is InChI=1S/C20H27BrN2O3S/c1-3-18(24)23(4-2)14-17-19(15-9-8-10-16(21)13-15)27(25,26)22-20(17)11-6-5-7-12-20/h8-10,13,22H,3-7,11-12,14H2,1-2H3. The van der Waals surface area contributed by atoms with Crippen molar-refractivity contribution in [2.75, 3.05) is 13.1 Å². The summed E-state index contributed by atoms with van der Waals surface area (Å²) in [5.41, 5.74) is 0.967. The lowest BCUT2D eigenvalue weighted by molar-refractivity contribution is -0.130. The van der Waals surface area contributed by atoms with E-state index in [4.69, 9.17) is 0 Å². The number of carbonyl (C=O) groups excluding carboxylic acids is 1. The van der Waals surface area contributed by atoms with Gasteiger partial charge in [0.15, 0.2) is 0 Å². The van der Waals surface area contributed by atoms with Gasteiger partial charge in [0.2, 0.25) is 15.9 Å². The molecule has 0 atom stereocenters. The van der Waals surface area contributed by atoms with Crippen LogP contribution in [0.15, 0.2) is 34.3 Å². The Kier molecular flexibility index (Phi) is 6.13. The number of nitrogens with one attached hydrogen (secondary N) is 1. The Labute approximate surface area is 170 Å². The molecule has 1 heterocycles. The molecule has 1 saturated carbocycles. The largest absolute Gasteiger partial charge is 0.339 e. The smallest absolute Gasteiger partial charge is 0.242 e. The zero-order valence-electron chi connectivity index (χ0n) is 15.9. The summed E-state index contributed by atoms with van der Waals surface area (Å²) in [5.74, 6) is 0.0499. The molecule has 0 unspecified atom stereocenters. The third-order valence-corrected chi connectivity index (χ3v) is 7.80. The second-order valence-electron chi connectivity index (χ2n) is 7.33. The van der Waals surface area contributed by atoms with E-state index in [1.807, 2.05) is 38.1 Å². The highest BCUT2D eigenvalue weighted by Crippen LogP contribution is 2.46. The fourth-order valence-electron chi connectivity index (χ4n) is 4.28. The molecule has 148 valence electrons. The lowest BCUT2D eigenvalue weighted by Gasteiger charge is -2.37. The normalized spacial score (nSPS) is 20.9. The summed E-state index contributed by atoms with van der Waals surface area (Å²) in [4.78, 5) is 14.5. The van der Waals surface area contributed by atoms with Crippen LogP contribution in [0.3, 0.4) is 0 Å². The predicted molar refractivity (Wildman–Crippen MR) is 111 cm³/mol. The van der Waals surface area contributed by atoms with Crippen molar-refractivity contribution in [3.63, 3.8) is 0 Å². The number of halogens is 1. The molecular formula is C20H27BrN2O3S. The monoisotopic (exact) mass is 454 g/mol. The zero-order valence-corrected chi connectivity index (χ0v) is 18.3. The number of hydrogen-bond acceptors (Lipinski definition) is 3. The Morgan fingerprint density at radius 1 is 1.22 bits per heavy atom. The zero-order chi connectivity index (χ0) is 19.7. The average Bonchev–Trinajstić information content (AvgIpc) is 2.85. The van der Waals surface area contributed by atoms with Gasteiger partial charge in [-0.3, -0.25) is 4.79 Å². The summed E-state index contributed by atoms with van der Waals surface area (Å²) in [6.07, 6.45) is 5.10. The first-order chi connectivity index (χ1) is 12.8. The molecule has 1 aliphatic carbocycles. The second kappa shape index (κ2) is 8.05. The molecule has 1 N–H and O–H groups in total. The van der Waals surface area contributed by atoms with E-state index < -0.39 is 15.6 Å². The Morgan fingerprint density at radius 2 is 1.93 bits per heavy atom. The minimum atomic E-state index is -3.63. The highest BCUT2D eigenvalue weighted by atomic mass is 79.9. The van der Waals surface area contributed by atoms with E-state index in [2.05, 4.69) is 20.7 Å². The predicted octanol–water partition coefficient (Wildman–Crippen LogP) is 4.05. The van der Waals surface area contributed by atoms with Gasteiger partial charge in [-0.1, -0.05) is 54.2 Å². The SMILES string of the molecule is CCC(=O)N(CC)CC1=C(c2cccc(Br)c2)S(=O)(=O)NC12CCCCC2. The number of hydrogen-bond donors (Lipinski definition) is 1. The van der Waals surface area contributed by atoms with Crippen LogP contribution in [0.4, 0.5) is 0 Å². The van der Waals surface area contributed by atoms with Crippen LogP contribution in [0.25, 0.3) is 4.91 Å². The summed E-state index contributed by atoms with van der Waals surface area (Å²) in [5, 5.41) is 0. The van der Waals surface area contributed by atoms with Crippen molar-refractivity contribution >= 4 is 36.8 Å². The first-order valence-corrected chi connectivity index (χ1v) is 11.9. The minimum absolute atomic E-state index is 0.0499.